The molecule has 0 spiro atoms. The topological polar surface area (TPSA) is 82.2 Å². The van der Waals surface area contributed by atoms with Gasteiger partial charge in [0.05, 0.1) is 17.3 Å². The van der Waals surface area contributed by atoms with Crippen LogP contribution in [0.15, 0.2) is 6.20 Å². The highest BCUT2D eigenvalue weighted by atomic mass is 16.5. The Bertz CT molecular complexity index is 457. The number of aromatic nitrogens is 2. The Morgan fingerprint density at radius 1 is 1.78 bits per heavy atom. The molecule has 1 aliphatic heterocycles. The van der Waals surface area contributed by atoms with Crippen molar-refractivity contribution in [1.82, 2.24) is 15.1 Å². The number of anilines is 1. The largest absolute Gasteiger partial charge is 0.396 e. The summed E-state index contributed by atoms with van der Waals surface area (Å²) in [6.07, 6.45) is 2.47. The van der Waals surface area contributed by atoms with Gasteiger partial charge in [-0.15, -0.1) is 0 Å². The lowest BCUT2D eigenvalue weighted by molar-refractivity contribution is 0.0724. The van der Waals surface area contributed by atoms with Crippen molar-refractivity contribution in [2.45, 2.75) is 45.4 Å². The van der Waals surface area contributed by atoms with Crippen LogP contribution in [-0.4, -0.2) is 33.9 Å². The van der Waals surface area contributed by atoms with Gasteiger partial charge >= 0.3 is 0 Å². The normalized spacial score (nSPS) is 27.4. The highest BCUT2D eigenvalue weighted by Crippen LogP contribution is 2.25. The van der Waals surface area contributed by atoms with Crippen molar-refractivity contribution < 1.29 is 9.53 Å². The maximum atomic E-state index is 12.2. The number of rotatable bonds is 3. The SMILES string of the molecule is CCn1cc(N)c(C(=O)NC2(C)CCOC2C)n1. The van der Waals surface area contributed by atoms with Crippen LogP contribution in [0.4, 0.5) is 5.69 Å². The van der Waals surface area contributed by atoms with E-state index in [1.54, 1.807) is 10.9 Å². The zero-order valence-corrected chi connectivity index (χ0v) is 11.1. The van der Waals surface area contributed by atoms with E-state index < -0.39 is 0 Å². The van der Waals surface area contributed by atoms with Gasteiger partial charge in [0.1, 0.15) is 0 Å². The molecule has 100 valence electrons. The summed E-state index contributed by atoms with van der Waals surface area (Å²) in [5.74, 6) is -0.237. The molecule has 0 aromatic carbocycles. The Morgan fingerprint density at radius 2 is 2.50 bits per heavy atom. The number of nitrogens with one attached hydrogen (secondary N) is 1. The molecule has 1 aromatic heterocycles. The first kappa shape index (κ1) is 12.9. The zero-order valence-electron chi connectivity index (χ0n) is 11.1. The van der Waals surface area contributed by atoms with Crippen molar-refractivity contribution >= 4 is 11.6 Å². The zero-order chi connectivity index (χ0) is 13.3. The lowest BCUT2D eigenvalue weighted by Gasteiger charge is -2.28. The molecule has 1 fully saturated rings. The van der Waals surface area contributed by atoms with Gasteiger partial charge in [-0.1, -0.05) is 0 Å². The third kappa shape index (κ3) is 2.20. The molecular formula is C12H20N4O2. The molecule has 6 heteroatoms. The van der Waals surface area contributed by atoms with Gasteiger partial charge in [-0.25, -0.2) is 0 Å². The fourth-order valence-corrected chi connectivity index (χ4v) is 2.09. The maximum Gasteiger partial charge on any atom is 0.274 e. The number of aryl methyl sites for hydroxylation is 1. The standard InChI is InChI=1S/C12H20N4O2/c1-4-16-7-9(13)10(15-16)11(17)14-12(3)5-6-18-8(12)2/h7-8H,4-6,13H2,1-3H3,(H,14,17). The summed E-state index contributed by atoms with van der Waals surface area (Å²) in [6.45, 7) is 7.24. The number of hydrogen-bond acceptors (Lipinski definition) is 4. The molecule has 6 nitrogen and oxygen atoms in total. The minimum Gasteiger partial charge on any atom is -0.396 e. The summed E-state index contributed by atoms with van der Waals surface area (Å²) in [5.41, 5.74) is 6.14. The quantitative estimate of drug-likeness (QED) is 0.833. The number of hydrogen-bond donors (Lipinski definition) is 2. The van der Waals surface area contributed by atoms with E-state index >= 15 is 0 Å². The number of nitrogen functional groups attached to an aromatic ring is 1. The summed E-state index contributed by atoms with van der Waals surface area (Å²) in [4.78, 5) is 12.2. The van der Waals surface area contributed by atoms with Crippen molar-refractivity contribution in [2.24, 2.45) is 0 Å². The fraction of sp³-hybridized carbons (Fsp3) is 0.667. The van der Waals surface area contributed by atoms with E-state index in [0.717, 1.165) is 6.42 Å². The first-order valence-electron chi connectivity index (χ1n) is 6.23. The molecule has 0 radical (unpaired) electrons. The van der Waals surface area contributed by atoms with Crippen molar-refractivity contribution in [2.75, 3.05) is 12.3 Å². The lowest BCUT2D eigenvalue weighted by atomic mass is 9.94. The molecule has 1 aliphatic rings. The van der Waals surface area contributed by atoms with Gasteiger partial charge in [0.25, 0.3) is 5.91 Å². The Morgan fingerprint density at radius 3 is 3.00 bits per heavy atom. The lowest BCUT2D eigenvalue weighted by Crippen LogP contribution is -2.50. The number of amides is 1. The average Bonchev–Trinajstić information content (AvgIpc) is 2.84. The minimum absolute atomic E-state index is 0.00376. The molecule has 0 aliphatic carbocycles. The van der Waals surface area contributed by atoms with Gasteiger partial charge in [0.2, 0.25) is 0 Å². The van der Waals surface area contributed by atoms with Crippen LogP contribution in [-0.2, 0) is 11.3 Å². The second kappa shape index (κ2) is 4.61. The maximum absolute atomic E-state index is 12.2. The molecule has 2 rings (SSSR count). The van der Waals surface area contributed by atoms with E-state index in [0.29, 0.717) is 18.8 Å². The Kier molecular flexibility index (Phi) is 3.30. The molecule has 18 heavy (non-hydrogen) atoms. The number of nitrogens with two attached hydrogens (primary N) is 1. The fourth-order valence-electron chi connectivity index (χ4n) is 2.09. The third-order valence-electron chi connectivity index (χ3n) is 3.61. The van der Waals surface area contributed by atoms with Crippen molar-refractivity contribution in [3.8, 4) is 0 Å². The molecule has 0 saturated carbocycles. The summed E-state index contributed by atoms with van der Waals surface area (Å²) >= 11 is 0. The van der Waals surface area contributed by atoms with Crippen LogP contribution in [0, 0.1) is 0 Å². The molecule has 1 aromatic rings. The number of ether oxygens (including phenoxy) is 1. The first-order chi connectivity index (χ1) is 8.46. The van der Waals surface area contributed by atoms with Crippen LogP contribution in [0.2, 0.25) is 0 Å². The Hall–Kier alpha value is -1.56. The predicted octanol–water partition coefficient (Wildman–Crippen LogP) is 0.782. The van der Waals surface area contributed by atoms with Crippen molar-refractivity contribution in [3.05, 3.63) is 11.9 Å². The Balaban J connectivity index is 2.14. The molecule has 2 heterocycles. The summed E-state index contributed by atoms with van der Waals surface area (Å²) in [7, 11) is 0. The van der Waals surface area contributed by atoms with E-state index in [2.05, 4.69) is 10.4 Å². The number of nitrogens with zero attached hydrogens (tertiary/aromatic N) is 2. The van der Waals surface area contributed by atoms with Crippen LogP contribution in [0.1, 0.15) is 37.7 Å². The summed E-state index contributed by atoms with van der Waals surface area (Å²) in [5, 5.41) is 7.15. The predicted molar refractivity (Wildman–Crippen MR) is 68.2 cm³/mol. The number of carbonyl (C=O) groups excluding carboxylic acids is 1. The highest BCUT2D eigenvalue weighted by molar-refractivity contribution is 5.97. The van der Waals surface area contributed by atoms with Crippen molar-refractivity contribution in [1.29, 1.82) is 0 Å². The highest BCUT2D eigenvalue weighted by Gasteiger charge is 2.39. The summed E-state index contributed by atoms with van der Waals surface area (Å²) < 4.78 is 7.14. The van der Waals surface area contributed by atoms with Gasteiger partial charge in [-0.2, -0.15) is 5.10 Å². The van der Waals surface area contributed by atoms with E-state index in [4.69, 9.17) is 10.5 Å². The average molecular weight is 252 g/mol. The Labute approximate surface area is 106 Å². The van der Waals surface area contributed by atoms with Crippen LogP contribution in [0.3, 0.4) is 0 Å². The van der Waals surface area contributed by atoms with E-state index in [1.165, 1.54) is 0 Å². The van der Waals surface area contributed by atoms with E-state index in [-0.39, 0.29) is 23.2 Å². The molecule has 2 unspecified atom stereocenters. The molecule has 3 N–H and O–H groups in total. The van der Waals surface area contributed by atoms with Gasteiger partial charge < -0.3 is 15.8 Å². The van der Waals surface area contributed by atoms with Crippen LogP contribution in [0.5, 0.6) is 0 Å². The number of carbonyl (C=O) groups is 1. The van der Waals surface area contributed by atoms with Gasteiger partial charge in [-0.3, -0.25) is 9.48 Å². The van der Waals surface area contributed by atoms with E-state index in [1.807, 2.05) is 20.8 Å². The first-order valence-corrected chi connectivity index (χ1v) is 6.23. The van der Waals surface area contributed by atoms with Crippen LogP contribution in [0.25, 0.3) is 0 Å². The van der Waals surface area contributed by atoms with E-state index in [9.17, 15) is 4.79 Å². The summed E-state index contributed by atoms with van der Waals surface area (Å²) in [6, 6.07) is 0. The monoisotopic (exact) mass is 252 g/mol. The third-order valence-corrected chi connectivity index (χ3v) is 3.61. The van der Waals surface area contributed by atoms with Crippen molar-refractivity contribution in [3.63, 3.8) is 0 Å². The second-order valence-corrected chi connectivity index (χ2v) is 4.92. The van der Waals surface area contributed by atoms with Gasteiger partial charge in [0.15, 0.2) is 5.69 Å². The van der Waals surface area contributed by atoms with Crippen LogP contribution < -0.4 is 11.1 Å². The second-order valence-electron chi connectivity index (χ2n) is 4.92. The molecule has 0 bridgehead atoms. The molecular weight excluding hydrogens is 232 g/mol. The minimum atomic E-state index is -0.348. The van der Waals surface area contributed by atoms with Gasteiger partial charge in [-0.05, 0) is 27.2 Å². The molecule has 1 amide bonds. The van der Waals surface area contributed by atoms with Gasteiger partial charge in [0, 0.05) is 19.3 Å². The molecule has 2 atom stereocenters. The molecule has 1 saturated heterocycles. The van der Waals surface area contributed by atoms with Crippen LogP contribution >= 0.6 is 0 Å². The smallest absolute Gasteiger partial charge is 0.274 e.